The smallest absolute Gasteiger partial charge is 0.0773 e. The zero-order valence-electron chi connectivity index (χ0n) is 29.9. The van der Waals surface area contributed by atoms with Crippen LogP contribution in [-0.2, 0) is 0 Å². The molecule has 0 saturated heterocycles. The van der Waals surface area contributed by atoms with E-state index in [9.17, 15) is 0 Å². The second-order valence-electron chi connectivity index (χ2n) is 14.2. The Morgan fingerprint density at radius 3 is 1.88 bits per heavy atom. The minimum Gasteiger partial charge on any atom is -0.330 e. The molecule has 2 aliphatic rings. The topological polar surface area (TPSA) is 6.48 Å². The van der Waals surface area contributed by atoms with Gasteiger partial charge in [-0.15, -0.1) is 11.3 Å². The maximum Gasteiger partial charge on any atom is 0.0773 e. The van der Waals surface area contributed by atoms with Crippen molar-refractivity contribution in [1.82, 2.24) is 0 Å². The van der Waals surface area contributed by atoms with Crippen LogP contribution in [0.15, 0.2) is 181 Å². The molecule has 1 heterocycles. The summed E-state index contributed by atoms with van der Waals surface area (Å²) in [6.45, 7) is 15.6. The minimum atomic E-state index is -0.0121. The van der Waals surface area contributed by atoms with Gasteiger partial charge in [-0.25, -0.2) is 0 Å². The first kappa shape index (κ1) is 32.0. The largest absolute Gasteiger partial charge is 0.330 e. The van der Waals surface area contributed by atoms with Crippen molar-refractivity contribution in [2.45, 2.75) is 33.2 Å². The highest BCUT2D eigenvalue weighted by Gasteiger charge is 2.27. The molecule has 0 bridgehead atoms. The zero-order valence-corrected chi connectivity index (χ0v) is 30.7. The third kappa shape index (κ3) is 5.32. The molecule has 7 aromatic rings. The third-order valence-corrected chi connectivity index (χ3v) is 11.5. The molecule has 0 spiro atoms. The fourth-order valence-electron chi connectivity index (χ4n) is 8.11. The Morgan fingerprint density at radius 2 is 1.25 bits per heavy atom. The van der Waals surface area contributed by atoms with Crippen molar-refractivity contribution >= 4 is 75.8 Å². The van der Waals surface area contributed by atoms with E-state index < -0.39 is 0 Å². The Labute approximate surface area is 309 Å². The number of thiophene rings is 1. The number of benzene rings is 6. The van der Waals surface area contributed by atoms with Gasteiger partial charge in [0.05, 0.1) is 17.4 Å². The number of allylic oxidation sites excluding steroid dienone is 6. The SMILES string of the molecule is C=C1CC=CC=C1N(c1cccc(C)c1)c1cc2sc3cc(N(c4cccc(C)c4)C4C=CC(C)=CC4=C)c4ccccc4c3c2c2ccccc12. The van der Waals surface area contributed by atoms with E-state index in [0.717, 1.165) is 34.6 Å². The van der Waals surface area contributed by atoms with E-state index in [4.69, 9.17) is 0 Å². The summed E-state index contributed by atoms with van der Waals surface area (Å²) in [6.07, 6.45) is 14.1. The maximum atomic E-state index is 4.57. The summed E-state index contributed by atoms with van der Waals surface area (Å²) in [5.41, 5.74) is 11.7. The fourth-order valence-corrected chi connectivity index (χ4v) is 9.32. The first-order chi connectivity index (χ1) is 25.4. The first-order valence-corrected chi connectivity index (χ1v) is 18.8. The first-order valence-electron chi connectivity index (χ1n) is 18.0. The van der Waals surface area contributed by atoms with Crippen LogP contribution in [0, 0.1) is 13.8 Å². The number of fused-ring (bicyclic) bond motifs is 7. The van der Waals surface area contributed by atoms with Crippen LogP contribution in [0.2, 0.25) is 0 Å². The van der Waals surface area contributed by atoms with Crippen LogP contribution >= 0.6 is 11.3 Å². The molecule has 52 heavy (non-hydrogen) atoms. The molecule has 0 N–H and O–H groups in total. The predicted molar refractivity (Wildman–Crippen MR) is 228 cm³/mol. The van der Waals surface area contributed by atoms with Gasteiger partial charge in [0.1, 0.15) is 0 Å². The number of hydrogen-bond donors (Lipinski definition) is 0. The summed E-state index contributed by atoms with van der Waals surface area (Å²) in [4.78, 5) is 4.91. The molecule has 0 aliphatic heterocycles. The lowest BCUT2D eigenvalue weighted by Gasteiger charge is -2.35. The Bertz CT molecular complexity index is 2750. The lowest BCUT2D eigenvalue weighted by atomic mass is 9.94. The summed E-state index contributed by atoms with van der Waals surface area (Å²) in [7, 11) is 0. The highest BCUT2D eigenvalue weighted by molar-refractivity contribution is 7.26. The number of nitrogens with zero attached hydrogens (tertiary/aromatic N) is 2. The predicted octanol–water partition coefficient (Wildman–Crippen LogP) is 14.1. The van der Waals surface area contributed by atoms with Crippen molar-refractivity contribution < 1.29 is 0 Å². The highest BCUT2D eigenvalue weighted by atomic mass is 32.1. The van der Waals surface area contributed by atoms with Crippen LogP contribution in [0.4, 0.5) is 22.7 Å². The normalized spacial score (nSPS) is 15.9. The van der Waals surface area contributed by atoms with Crippen molar-refractivity contribution in [1.29, 1.82) is 0 Å². The van der Waals surface area contributed by atoms with Gasteiger partial charge < -0.3 is 9.80 Å². The van der Waals surface area contributed by atoms with E-state index in [-0.39, 0.29) is 6.04 Å². The molecule has 9 rings (SSSR count). The van der Waals surface area contributed by atoms with Crippen LogP contribution < -0.4 is 9.80 Å². The van der Waals surface area contributed by atoms with E-state index in [1.54, 1.807) is 0 Å². The van der Waals surface area contributed by atoms with Crippen LogP contribution in [0.25, 0.3) is 41.7 Å². The standard InChI is InChI=1S/C49H40N2S/c1-31-14-12-17-36(27-31)50(42-23-11-6-16-34(42)4)44-29-46-48(40-21-9-7-19-38(40)44)49-41-22-10-8-20-39(41)45(30-47(49)52-46)51(37-18-13-15-32(2)28-37)43-25-24-33(3)26-35(43)5/h6-15,17-30,43H,4-5,16H2,1-3H3. The molecule has 3 heteroatoms. The number of rotatable bonds is 6. The zero-order chi connectivity index (χ0) is 35.5. The summed E-state index contributed by atoms with van der Waals surface area (Å²) in [5.74, 6) is 0. The number of anilines is 4. The molecule has 0 amide bonds. The van der Waals surface area contributed by atoms with E-state index >= 15 is 0 Å². The van der Waals surface area contributed by atoms with Gasteiger partial charge in [-0.05, 0) is 103 Å². The van der Waals surface area contributed by atoms with Gasteiger partial charge in [-0.1, -0.05) is 122 Å². The average molecular weight is 689 g/mol. The average Bonchev–Trinajstić information content (AvgIpc) is 3.52. The van der Waals surface area contributed by atoms with Crippen LogP contribution in [0.3, 0.4) is 0 Å². The van der Waals surface area contributed by atoms with Gasteiger partial charge in [0.25, 0.3) is 0 Å². The van der Waals surface area contributed by atoms with Gasteiger partial charge >= 0.3 is 0 Å². The molecule has 0 fully saturated rings. The maximum absolute atomic E-state index is 4.57. The molecule has 1 atom stereocenters. The summed E-state index contributed by atoms with van der Waals surface area (Å²) in [5, 5.41) is 7.59. The molecule has 2 aliphatic carbocycles. The van der Waals surface area contributed by atoms with Gasteiger partial charge in [0.2, 0.25) is 0 Å². The summed E-state index contributed by atoms with van der Waals surface area (Å²) >= 11 is 1.88. The van der Waals surface area contributed by atoms with E-state index in [1.807, 2.05) is 11.3 Å². The quantitative estimate of drug-likeness (QED) is 0.172. The highest BCUT2D eigenvalue weighted by Crippen LogP contribution is 2.50. The molecule has 252 valence electrons. The van der Waals surface area contributed by atoms with Gasteiger partial charge in [-0.3, -0.25) is 0 Å². The lowest BCUT2D eigenvalue weighted by Crippen LogP contribution is -2.31. The third-order valence-electron chi connectivity index (χ3n) is 10.5. The van der Waals surface area contributed by atoms with Gasteiger partial charge in [0, 0.05) is 48.0 Å². The summed E-state index contributed by atoms with van der Waals surface area (Å²) < 4.78 is 2.54. The summed E-state index contributed by atoms with van der Waals surface area (Å²) in [6, 6.07) is 40.4. The molecule has 1 aromatic heterocycles. The molecular weight excluding hydrogens is 649 g/mol. The lowest BCUT2D eigenvalue weighted by molar-refractivity contribution is 0.904. The monoisotopic (exact) mass is 688 g/mol. The minimum absolute atomic E-state index is 0.0121. The van der Waals surface area contributed by atoms with Crippen molar-refractivity contribution in [2.75, 3.05) is 9.80 Å². The van der Waals surface area contributed by atoms with Crippen LogP contribution in [-0.4, -0.2) is 6.04 Å². The molecule has 2 nitrogen and oxygen atoms in total. The second-order valence-corrected chi connectivity index (χ2v) is 15.3. The van der Waals surface area contributed by atoms with Gasteiger partial charge in [-0.2, -0.15) is 0 Å². The molecule has 0 radical (unpaired) electrons. The molecular formula is C49H40N2S. The Kier molecular flexibility index (Phi) is 7.83. The van der Waals surface area contributed by atoms with Crippen molar-refractivity contribution in [3.8, 4) is 0 Å². The number of hydrogen-bond acceptors (Lipinski definition) is 3. The van der Waals surface area contributed by atoms with Crippen molar-refractivity contribution in [3.05, 3.63) is 192 Å². The Balaban J connectivity index is 1.35. The Morgan fingerprint density at radius 1 is 0.654 bits per heavy atom. The molecule has 1 unspecified atom stereocenters. The Hall–Kier alpha value is -5.90. The fraction of sp³-hybridized carbons (Fsp3) is 0.102. The number of aryl methyl sites for hydroxylation is 2. The van der Waals surface area contributed by atoms with Crippen molar-refractivity contribution in [3.63, 3.8) is 0 Å². The second kappa shape index (κ2) is 12.7. The van der Waals surface area contributed by atoms with Crippen LogP contribution in [0.5, 0.6) is 0 Å². The van der Waals surface area contributed by atoms with E-state index in [0.29, 0.717) is 0 Å². The van der Waals surface area contributed by atoms with Crippen LogP contribution in [0.1, 0.15) is 24.5 Å². The molecule has 0 saturated carbocycles. The van der Waals surface area contributed by atoms with Crippen molar-refractivity contribution in [2.24, 2.45) is 0 Å². The van der Waals surface area contributed by atoms with E-state index in [2.05, 4.69) is 189 Å². The van der Waals surface area contributed by atoms with Gasteiger partial charge in [0.15, 0.2) is 0 Å². The molecule has 6 aromatic carbocycles. The van der Waals surface area contributed by atoms with E-state index in [1.165, 1.54) is 69.8 Å².